The van der Waals surface area contributed by atoms with E-state index in [4.69, 9.17) is 156 Å². The van der Waals surface area contributed by atoms with Crippen LogP contribution in [-0.4, -0.2) is 185 Å². The summed E-state index contributed by atoms with van der Waals surface area (Å²) in [6.07, 6.45) is -2.37. The molecule has 7 aromatic rings. The fraction of sp³-hybridized carbons (Fsp3) is 0.553. The van der Waals surface area contributed by atoms with Gasteiger partial charge in [-0.25, -0.2) is 48.3 Å². The van der Waals surface area contributed by atoms with E-state index in [1.54, 1.807) is 241 Å². The zero-order chi connectivity index (χ0) is 107. The fourth-order valence-corrected chi connectivity index (χ4v) is 15.3. The number of esters is 4. The minimum atomic E-state index is -1.02. The van der Waals surface area contributed by atoms with Crippen LogP contribution in [0.1, 0.15) is 195 Å². The van der Waals surface area contributed by atoms with Crippen LogP contribution in [0.25, 0.3) is 10.2 Å². The van der Waals surface area contributed by atoms with Crippen LogP contribution in [0.15, 0.2) is 72.8 Å². The number of nitrogen functional groups attached to an aromatic ring is 2. The van der Waals surface area contributed by atoms with Crippen LogP contribution in [0.4, 0.5) is 40.6 Å². The zero-order valence-corrected chi connectivity index (χ0v) is 98.2. The molecule has 8 N–H and O–H groups in total. The number of anilines is 2. The number of fused-ring (bicyclic) bond motifs is 1. The molecule has 0 spiro atoms. The van der Waals surface area contributed by atoms with Gasteiger partial charge in [-0.1, -0.05) is 23.2 Å². The summed E-state index contributed by atoms with van der Waals surface area (Å²) in [5, 5.41) is 20.9. The summed E-state index contributed by atoms with van der Waals surface area (Å²) in [5.74, 6) is -0.177. The zero-order valence-electron chi connectivity index (χ0n) is 81.9. The van der Waals surface area contributed by atoms with E-state index in [9.17, 15) is 42.7 Å². The van der Waals surface area contributed by atoms with Gasteiger partial charge in [0.15, 0.2) is 14.8 Å². The van der Waals surface area contributed by atoms with Crippen LogP contribution < -0.4 is 68.8 Å². The normalized spacial score (nSPS) is 12.0. The summed E-state index contributed by atoms with van der Waals surface area (Å²) in [7, 11) is 14.7. The number of aromatic nitrogens is 3. The predicted octanol–water partition coefficient (Wildman–Crippen LogP) is 20.8. The number of nitrogens with one attached hydrogen (secondary N) is 4. The molecule has 1 radical (unpaired) electrons. The second-order valence-electron chi connectivity index (χ2n) is 35.0. The number of amides is 4. The van der Waals surface area contributed by atoms with Crippen molar-refractivity contribution >= 4 is 282 Å². The van der Waals surface area contributed by atoms with E-state index >= 15 is 0 Å². The van der Waals surface area contributed by atoms with Crippen molar-refractivity contribution in [3.63, 3.8) is 0 Å². The first-order valence-electron chi connectivity index (χ1n) is 40.4. The predicted molar refractivity (Wildman–Crippen MR) is 561 cm³/mol. The molecule has 0 aliphatic rings. The topological polar surface area (TPSA) is 435 Å². The number of thiazole rings is 1. The van der Waals surface area contributed by atoms with Crippen LogP contribution in [0.5, 0.6) is 23.0 Å². The van der Waals surface area contributed by atoms with E-state index in [1.807, 2.05) is 6.07 Å². The number of ether oxygens (including phenoxy) is 12. The molecule has 52 heteroatoms. The third kappa shape index (κ3) is 62.6. The number of alkyl halides is 5. The average Bonchev–Trinajstić information content (AvgIpc) is 1.61. The summed E-state index contributed by atoms with van der Waals surface area (Å²) in [4.78, 5) is 109. The number of carbonyl (C=O) groups is 8. The second kappa shape index (κ2) is 67.1. The number of hydrogen-bond acceptors (Lipinski definition) is 33. The maximum absolute atomic E-state index is 12.9. The van der Waals surface area contributed by atoms with Gasteiger partial charge in [-0.05, 0) is 297 Å². The molecule has 0 bridgehead atoms. The number of rotatable bonds is 21. The summed E-state index contributed by atoms with van der Waals surface area (Å²) >= 11 is 53.2. The van der Waals surface area contributed by atoms with Crippen molar-refractivity contribution in [3.8, 4) is 29.1 Å². The van der Waals surface area contributed by atoms with Crippen molar-refractivity contribution in [1.29, 1.82) is 5.26 Å². The first-order chi connectivity index (χ1) is 63.0. The summed E-state index contributed by atoms with van der Waals surface area (Å²) < 4.78 is 93.9. The molecular formula is C85H121BBr2Cl8CuFIN12O20S6. The van der Waals surface area contributed by atoms with E-state index in [-0.39, 0.29) is 48.8 Å². The molecule has 0 fully saturated rings. The Hall–Kier alpha value is -5.55. The van der Waals surface area contributed by atoms with Gasteiger partial charge >= 0.3 is 121 Å². The summed E-state index contributed by atoms with van der Waals surface area (Å²) in [5.41, 5.74) is 11.0. The number of nitrogens with two attached hydrogens (primary N) is 2. The van der Waals surface area contributed by atoms with Crippen molar-refractivity contribution in [2.24, 2.45) is 9.29 Å². The van der Waals surface area contributed by atoms with E-state index in [0.717, 1.165) is 4.70 Å². The number of nitrogens with zero attached hydrogens (tertiary/aromatic N) is 6. The third-order valence-corrected chi connectivity index (χ3v) is 21.5. The first-order valence-corrected chi connectivity index (χ1v) is 53.0. The molecule has 0 aliphatic carbocycles. The number of nitriles is 1. The first kappa shape index (κ1) is 136. The molecular weight excluding hydrogens is 2370 g/mol. The van der Waals surface area contributed by atoms with Gasteiger partial charge in [-0.15, -0.1) is 62.1 Å². The SMILES string of the molecule is COc1cc(Br)c(N)cc1C[C@H](NC(=O)OC(C)(C)C)C(=O)OC(C)(C)C.COc1cc(Br)c(N=c2ssnc2Cl)cc1C[C@H](NC(=O)OC(C)(C)C)C(=O)OC(C)(C)C.COc1cc2sc(C#N)nc2cc1C[C@H](NC(=O)OC(C)(C)C)C(=O)OC(C)(C)C.COc1ccc(N)cc1C[C@H](NC(=O)OC(C)(C)C)C(=O)OC(C)(C)C.ClCCl.ClCCl.Clc1ns[s+]c1Cl.[2H]CF.[B]=NS.[Cl-].[Cu][I]. The molecule has 7 rings (SSSR count). The fourth-order valence-electron chi connectivity index (χ4n) is 9.78. The standard InChI is InChI=1S/C21H27BrClN3O5S2.C21H27N3O5S.C19H29BrN2O5.C19H30N2O5.C2Cl2NS2.2CH2Cl2.CH3F.BHNS.ClH.Cu.HI/c1-20(2,3)30-18(27)14(25-19(28)31-21(4,5)6)9-11-8-13(12(22)10-15(11)29-7)24-17-16(23)26-33-32-17;1-20(2,3)28-18(25)14(24-19(26)29-21(4,5)6)9-12-8-13-16(10-15(12)27-7)30-17(11-22)23-13;1-18(2,3)26-16(23)14(22-17(24)27-19(4,5)6)9-11-8-13(21)12(20)10-15(11)25-7;1-18(2,3)25-16(22)14(21-17(23)26-19(4,5)6)11-12-10-13(20)8-9-15(12)24-7;3-1-2(4)6-7-5-1;2*2-1-3;1-2;1-2-3;;;/h8,10,14H,9H2,1-7H3,(H,25,28);8,10,14H,9H2,1-7H3,(H,24,26);8,10,14H,9,21H2,1-7H3,(H,22,24);8-10,14H,11,20H2,1-7H3,(H,21,23);;2*1H2;1H3;3H;1H;;1H/q;;;;+1;;;;;;+1;/p-2/t4*14-;;;;;;;;/m0000......../s1/i;;;;;;;1D;;;;. The number of hydrogen-bond donors (Lipinski definition) is 7. The Morgan fingerprint density at radius 1 is 0.533 bits per heavy atom. The summed E-state index contributed by atoms with van der Waals surface area (Å²) in [6.45, 7) is 42.0. The van der Waals surface area contributed by atoms with Gasteiger partial charge in [0.25, 0.3) is 10.5 Å². The molecule has 0 saturated heterocycles. The number of thiol groups is 1. The number of halogens is 12. The monoisotopic (exact) mass is 2480 g/mol. The van der Waals surface area contributed by atoms with Gasteiger partial charge in [0, 0.05) is 56.5 Å². The van der Waals surface area contributed by atoms with Crippen LogP contribution >= 0.6 is 199 Å². The second-order valence-corrected chi connectivity index (χ2v) is 44.6. The molecule has 4 atom stereocenters. The van der Waals surface area contributed by atoms with Gasteiger partial charge in [0.05, 0.1) is 63.5 Å². The van der Waals surface area contributed by atoms with Crippen molar-refractivity contribution < 1.29 is 126 Å². The molecule has 3 heterocycles. The third-order valence-electron chi connectivity index (χ3n) is 14.2. The van der Waals surface area contributed by atoms with Gasteiger partial charge in [-0.2, -0.15) is 9.64 Å². The minimum absolute atomic E-state index is 0. The molecule has 4 amide bonds. The molecule has 0 unspecified atom stereocenters. The molecule has 137 heavy (non-hydrogen) atoms. The van der Waals surface area contributed by atoms with Crippen LogP contribution in [0.3, 0.4) is 0 Å². The van der Waals surface area contributed by atoms with Gasteiger partial charge in [0.2, 0.25) is 5.15 Å². The molecule has 4 aromatic carbocycles. The van der Waals surface area contributed by atoms with Gasteiger partial charge < -0.3 is 102 Å². The Morgan fingerprint density at radius 3 is 1.12 bits per heavy atom. The summed E-state index contributed by atoms with van der Waals surface area (Å²) in [6, 6.07) is 13.6. The van der Waals surface area contributed by atoms with Crippen molar-refractivity contribution in [3.05, 3.63) is 110 Å². The maximum atomic E-state index is 12.9. The Balaban J connectivity index is -0.000000808. The van der Waals surface area contributed by atoms with Gasteiger partial charge in [-0.3, -0.25) is 4.39 Å². The quantitative estimate of drug-likeness (QED) is 0.00404. The molecule has 3 aromatic heterocycles. The molecule has 32 nitrogen and oxygen atoms in total. The van der Waals surface area contributed by atoms with Crippen molar-refractivity contribution in [2.45, 2.75) is 261 Å². The number of benzene rings is 4. The molecule has 0 aliphatic heterocycles. The van der Waals surface area contributed by atoms with Crippen LogP contribution in [0, 0.1) is 11.3 Å². The van der Waals surface area contributed by atoms with Crippen molar-refractivity contribution in [1.82, 2.24) is 35.0 Å². The van der Waals surface area contributed by atoms with E-state index < -0.39 is 124 Å². The van der Waals surface area contributed by atoms with Gasteiger partial charge in [0.1, 0.15) is 98.0 Å². The Kier molecular flexibility index (Phi) is 66.4. The Bertz CT molecular complexity index is 5060. The molecule has 0 saturated carbocycles. The van der Waals surface area contributed by atoms with Crippen molar-refractivity contribution in [2.75, 3.05) is 57.7 Å². The molecule has 775 valence electrons. The van der Waals surface area contributed by atoms with E-state index in [1.165, 1.54) is 81.5 Å². The number of carbonyl (C=O) groups excluding carboxylic acids is 8. The number of methoxy groups -OCH3 is 4. The number of alkyl carbamates (subject to hydrolysis) is 4. The Morgan fingerprint density at radius 2 is 0.839 bits per heavy atom. The average molecular weight is 2490 g/mol. The van der Waals surface area contributed by atoms with Crippen LogP contribution in [-0.2, 0) is 95.5 Å². The Labute approximate surface area is 906 Å². The van der Waals surface area contributed by atoms with E-state index in [0.29, 0.717) is 101 Å². The van der Waals surface area contributed by atoms with Crippen LogP contribution in [0.2, 0.25) is 14.6 Å². The van der Waals surface area contributed by atoms with E-state index in [2.05, 4.69) is 109 Å².